The van der Waals surface area contributed by atoms with Gasteiger partial charge in [-0.3, -0.25) is 0 Å². The summed E-state index contributed by atoms with van der Waals surface area (Å²) in [6, 6.07) is 73.9. The molecule has 11 aromatic rings. The van der Waals surface area contributed by atoms with E-state index in [2.05, 4.69) is 210 Å². The van der Waals surface area contributed by atoms with Gasteiger partial charge >= 0.3 is 0 Å². The first-order valence-electron chi connectivity index (χ1n) is 18.8. The van der Waals surface area contributed by atoms with Crippen LogP contribution in [0.25, 0.3) is 82.5 Å². The first-order valence-corrected chi connectivity index (χ1v) is 18.8. The van der Waals surface area contributed by atoms with Crippen LogP contribution >= 0.6 is 0 Å². The Labute approximate surface area is 318 Å². The third-order valence-corrected chi connectivity index (χ3v) is 11.0. The van der Waals surface area contributed by atoms with E-state index in [9.17, 15) is 0 Å². The van der Waals surface area contributed by atoms with Crippen molar-refractivity contribution in [3.05, 3.63) is 206 Å². The van der Waals surface area contributed by atoms with Crippen molar-refractivity contribution in [3.8, 4) is 27.9 Å². The van der Waals surface area contributed by atoms with Crippen molar-refractivity contribution in [3.63, 3.8) is 0 Å². The summed E-state index contributed by atoms with van der Waals surface area (Å²) >= 11 is 0. The Morgan fingerprint density at radius 2 is 1.00 bits per heavy atom. The Hall–Kier alpha value is -7.36. The molecule has 0 aliphatic heterocycles. The van der Waals surface area contributed by atoms with Crippen molar-refractivity contribution in [1.29, 1.82) is 0 Å². The summed E-state index contributed by atoms with van der Waals surface area (Å²) in [4.78, 5) is 2.40. The Bertz CT molecular complexity index is 3210. The number of hydrogen-bond donors (Lipinski definition) is 0. The van der Waals surface area contributed by atoms with Gasteiger partial charge in [0.2, 0.25) is 0 Å². The largest absolute Gasteiger partial charge is 0.455 e. The lowest BCUT2D eigenvalue weighted by molar-refractivity contribution is 0.670. The molecule has 258 valence electrons. The van der Waals surface area contributed by atoms with E-state index in [-0.39, 0.29) is 0 Å². The van der Waals surface area contributed by atoms with Crippen LogP contribution < -0.4 is 4.90 Å². The van der Waals surface area contributed by atoms with Gasteiger partial charge in [-0.2, -0.15) is 0 Å². The van der Waals surface area contributed by atoms with Crippen LogP contribution in [0.5, 0.6) is 0 Å². The smallest absolute Gasteiger partial charge is 0.143 e. The van der Waals surface area contributed by atoms with Crippen LogP contribution in [0.2, 0.25) is 0 Å². The van der Waals surface area contributed by atoms with E-state index in [1.54, 1.807) is 0 Å². The number of nitrogens with zero attached hydrogens (tertiary/aromatic N) is 2. The van der Waals surface area contributed by atoms with Crippen LogP contribution in [0, 0.1) is 0 Å². The second-order valence-corrected chi connectivity index (χ2v) is 14.1. The summed E-state index contributed by atoms with van der Waals surface area (Å²) in [6.07, 6.45) is 0. The summed E-state index contributed by atoms with van der Waals surface area (Å²) in [6.45, 7) is 0. The van der Waals surface area contributed by atoms with Gasteiger partial charge in [-0.25, -0.2) is 0 Å². The molecule has 0 atom stereocenters. The first kappa shape index (κ1) is 31.2. The van der Waals surface area contributed by atoms with Gasteiger partial charge in [0.1, 0.15) is 11.2 Å². The Balaban J connectivity index is 1.17. The van der Waals surface area contributed by atoms with Gasteiger partial charge in [-0.05, 0) is 65.0 Å². The second-order valence-electron chi connectivity index (χ2n) is 14.1. The minimum atomic E-state index is 0.897. The zero-order valence-corrected chi connectivity index (χ0v) is 29.9. The molecular formula is C52H34N2O. The van der Waals surface area contributed by atoms with Gasteiger partial charge in [-0.15, -0.1) is 0 Å². The van der Waals surface area contributed by atoms with E-state index in [0.29, 0.717) is 0 Å². The maximum atomic E-state index is 6.59. The van der Waals surface area contributed by atoms with Crippen molar-refractivity contribution >= 4 is 71.6 Å². The molecule has 55 heavy (non-hydrogen) atoms. The quantitative estimate of drug-likeness (QED) is 0.172. The van der Waals surface area contributed by atoms with Gasteiger partial charge in [0, 0.05) is 49.4 Å². The molecule has 0 aliphatic carbocycles. The Morgan fingerprint density at radius 1 is 0.364 bits per heavy atom. The fourth-order valence-corrected chi connectivity index (χ4v) is 8.57. The molecule has 11 rings (SSSR count). The minimum Gasteiger partial charge on any atom is -0.455 e. The van der Waals surface area contributed by atoms with Gasteiger partial charge in [0.05, 0.1) is 22.4 Å². The number of hydrogen-bond acceptors (Lipinski definition) is 2. The van der Waals surface area contributed by atoms with E-state index < -0.39 is 0 Å². The molecule has 0 amide bonds. The highest BCUT2D eigenvalue weighted by Crippen LogP contribution is 2.45. The number of furan rings is 1. The number of aromatic nitrogens is 1. The van der Waals surface area contributed by atoms with Crippen LogP contribution in [-0.4, -0.2) is 4.57 Å². The zero-order valence-electron chi connectivity index (χ0n) is 29.9. The highest BCUT2D eigenvalue weighted by Gasteiger charge is 2.22. The topological polar surface area (TPSA) is 21.3 Å². The van der Waals surface area contributed by atoms with Gasteiger partial charge in [0.25, 0.3) is 0 Å². The van der Waals surface area contributed by atoms with Crippen LogP contribution in [-0.2, 0) is 0 Å². The van der Waals surface area contributed by atoms with Crippen molar-refractivity contribution in [2.45, 2.75) is 0 Å². The third kappa shape index (κ3) is 4.98. The van der Waals surface area contributed by atoms with Crippen molar-refractivity contribution in [1.82, 2.24) is 4.57 Å². The van der Waals surface area contributed by atoms with E-state index in [1.165, 1.54) is 32.7 Å². The molecule has 2 heterocycles. The van der Waals surface area contributed by atoms with Gasteiger partial charge in [0.15, 0.2) is 0 Å². The average molecular weight is 703 g/mol. The molecule has 0 bridgehead atoms. The predicted molar refractivity (Wildman–Crippen MR) is 231 cm³/mol. The van der Waals surface area contributed by atoms with E-state index >= 15 is 0 Å². The number of rotatable bonds is 6. The summed E-state index contributed by atoms with van der Waals surface area (Å²) in [5.41, 5.74) is 13.1. The molecule has 3 nitrogen and oxygen atoms in total. The normalized spacial score (nSPS) is 11.6. The van der Waals surface area contributed by atoms with Gasteiger partial charge < -0.3 is 13.9 Å². The average Bonchev–Trinajstić information content (AvgIpc) is 3.80. The molecule has 0 radical (unpaired) electrons. The second kappa shape index (κ2) is 12.6. The van der Waals surface area contributed by atoms with Crippen LogP contribution in [0.1, 0.15) is 0 Å². The number of anilines is 3. The molecule has 0 aliphatic rings. The number of para-hydroxylation sites is 5. The standard InChI is InChI=1S/C52H34N2O/c1-3-16-35(17-4-1)38-32-33-49(40-21-8-7-20-39(38)40)53(36-18-5-2-6-19-36)37-30-31-43-41-22-9-12-27-47(41)54(50(43)34-37)48-28-13-10-23-42(48)45-25-15-26-46-44-24-11-14-29-51(44)55-52(45)46/h1-34H. The van der Waals surface area contributed by atoms with Crippen molar-refractivity contribution < 1.29 is 4.42 Å². The molecule has 0 saturated heterocycles. The lowest BCUT2D eigenvalue weighted by atomic mass is 9.96. The molecule has 0 unspecified atom stereocenters. The summed E-state index contributed by atoms with van der Waals surface area (Å²) < 4.78 is 9.02. The highest BCUT2D eigenvalue weighted by molar-refractivity contribution is 6.13. The van der Waals surface area contributed by atoms with Gasteiger partial charge in [-0.1, -0.05) is 158 Å². The lowest BCUT2D eigenvalue weighted by Gasteiger charge is -2.28. The van der Waals surface area contributed by atoms with E-state index in [4.69, 9.17) is 4.42 Å². The fraction of sp³-hybridized carbons (Fsp3) is 0. The maximum Gasteiger partial charge on any atom is 0.143 e. The van der Waals surface area contributed by atoms with Crippen molar-refractivity contribution in [2.75, 3.05) is 4.90 Å². The number of fused-ring (bicyclic) bond motifs is 7. The molecule has 0 saturated carbocycles. The lowest BCUT2D eigenvalue weighted by Crippen LogP contribution is -2.10. The molecular weight excluding hydrogens is 669 g/mol. The SMILES string of the molecule is c1ccc(-c2ccc(N(c3ccccc3)c3ccc4c5ccccc5n(-c5ccccc5-c5cccc6c5oc5ccccc56)c4c3)c3ccccc23)cc1. The van der Waals surface area contributed by atoms with Crippen LogP contribution in [0.3, 0.4) is 0 Å². The molecule has 0 spiro atoms. The Morgan fingerprint density at radius 3 is 1.85 bits per heavy atom. The van der Waals surface area contributed by atoms with Crippen LogP contribution in [0.4, 0.5) is 17.1 Å². The first-order chi connectivity index (χ1) is 27.3. The summed E-state index contributed by atoms with van der Waals surface area (Å²) in [5, 5.41) is 7.08. The van der Waals surface area contributed by atoms with E-state index in [1.807, 2.05) is 6.07 Å². The fourth-order valence-electron chi connectivity index (χ4n) is 8.57. The molecule has 3 heteroatoms. The number of benzene rings is 9. The maximum absolute atomic E-state index is 6.59. The van der Waals surface area contributed by atoms with Crippen LogP contribution in [0.15, 0.2) is 211 Å². The minimum absolute atomic E-state index is 0.897. The van der Waals surface area contributed by atoms with E-state index in [0.717, 1.165) is 66.8 Å². The molecule has 0 N–H and O–H groups in total. The monoisotopic (exact) mass is 702 g/mol. The Kier molecular flexibility index (Phi) is 7.17. The predicted octanol–water partition coefficient (Wildman–Crippen LogP) is 14.6. The summed E-state index contributed by atoms with van der Waals surface area (Å²) in [5.74, 6) is 0. The summed E-state index contributed by atoms with van der Waals surface area (Å²) in [7, 11) is 0. The van der Waals surface area contributed by atoms with Crippen molar-refractivity contribution in [2.24, 2.45) is 0 Å². The molecule has 9 aromatic carbocycles. The highest BCUT2D eigenvalue weighted by atomic mass is 16.3. The molecule has 0 fully saturated rings. The zero-order chi connectivity index (χ0) is 36.3. The third-order valence-electron chi connectivity index (χ3n) is 11.0. The molecule has 2 aromatic heterocycles.